The van der Waals surface area contributed by atoms with E-state index in [1.54, 1.807) is 36.7 Å². The normalized spacial score (nSPS) is 11.1. The summed E-state index contributed by atoms with van der Waals surface area (Å²) in [4.78, 5) is 24.3. The molecule has 0 aliphatic heterocycles. The van der Waals surface area contributed by atoms with E-state index in [9.17, 15) is 18.0 Å². The summed E-state index contributed by atoms with van der Waals surface area (Å²) < 4.78 is 27.1. The first kappa shape index (κ1) is 18.9. The highest BCUT2D eigenvalue weighted by atomic mass is 32.2. The molecule has 0 bridgehead atoms. The summed E-state index contributed by atoms with van der Waals surface area (Å²) in [5, 5.41) is 10.3. The van der Waals surface area contributed by atoms with E-state index in [4.69, 9.17) is 5.11 Å². The molecule has 0 spiro atoms. The number of sulfonamides is 1. The number of carbonyl (C=O) groups excluding carboxylic acids is 1. The van der Waals surface area contributed by atoms with Crippen molar-refractivity contribution in [1.29, 1.82) is 0 Å². The molecule has 7 nitrogen and oxygen atoms in total. The molecule has 2 N–H and O–H groups in total. The number of carboxylic acids is 1. The molecule has 0 atom stereocenters. The maximum Gasteiger partial charge on any atom is 0.303 e. The lowest BCUT2D eigenvalue weighted by atomic mass is 10.1. The van der Waals surface area contributed by atoms with Crippen molar-refractivity contribution in [2.75, 3.05) is 18.3 Å². The van der Waals surface area contributed by atoms with Gasteiger partial charge in [-0.15, -0.1) is 11.3 Å². The van der Waals surface area contributed by atoms with E-state index in [1.807, 2.05) is 0 Å². The third-order valence-electron chi connectivity index (χ3n) is 3.35. The quantitative estimate of drug-likeness (QED) is 0.730. The van der Waals surface area contributed by atoms with Crippen LogP contribution in [0.2, 0.25) is 0 Å². The SMILES string of the molecule is CN(CCCC(=O)O)C(=O)c1cccc(NS(=O)(=O)c2cccs2)c1. The first-order chi connectivity index (χ1) is 11.8. The number of aliphatic carboxylic acids is 1. The number of rotatable bonds is 8. The number of amides is 1. The molecule has 1 aromatic carbocycles. The lowest BCUT2D eigenvalue weighted by molar-refractivity contribution is -0.137. The first-order valence-corrected chi connectivity index (χ1v) is 9.79. The van der Waals surface area contributed by atoms with E-state index in [2.05, 4.69) is 4.72 Å². The van der Waals surface area contributed by atoms with Gasteiger partial charge in [0.05, 0.1) is 0 Å². The van der Waals surface area contributed by atoms with Gasteiger partial charge < -0.3 is 10.0 Å². The summed E-state index contributed by atoms with van der Waals surface area (Å²) in [6.45, 7) is 0.302. The molecular formula is C16H18N2O5S2. The lowest BCUT2D eigenvalue weighted by Crippen LogP contribution is -2.28. The fourth-order valence-electron chi connectivity index (χ4n) is 2.13. The Balaban J connectivity index is 2.08. The van der Waals surface area contributed by atoms with Gasteiger partial charge in [0.25, 0.3) is 15.9 Å². The number of hydrogen-bond donors (Lipinski definition) is 2. The molecule has 1 aromatic heterocycles. The van der Waals surface area contributed by atoms with Crippen molar-refractivity contribution in [1.82, 2.24) is 4.90 Å². The summed E-state index contributed by atoms with van der Waals surface area (Å²) in [5.74, 6) is -1.21. The average molecular weight is 382 g/mol. The largest absolute Gasteiger partial charge is 0.481 e. The van der Waals surface area contributed by atoms with Crippen molar-refractivity contribution in [3.05, 3.63) is 47.3 Å². The second-order valence-corrected chi connectivity index (χ2v) is 8.20. The van der Waals surface area contributed by atoms with Crippen LogP contribution in [0.4, 0.5) is 5.69 Å². The molecule has 1 amide bonds. The van der Waals surface area contributed by atoms with Crippen molar-refractivity contribution in [3.63, 3.8) is 0 Å². The average Bonchev–Trinajstić information content (AvgIpc) is 3.09. The summed E-state index contributed by atoms with van der Waals surface area (Å²) in [6.07, 6.45) is 0.334. The van der Waals surface area contributed by atoms with Gasteiger partial charge in [-0.2, -0.15) is 0 Å². The van der Waals surface area contributed by atoms with Gasteiger partial charge >= 0.3 is 5.97 Å². The highest BCUT2D eigenvalue weighted by Crippen LogP contribution is 2.21. The lowest BCUT2D eigenvalue weighted by Gasteiger charge is -2.17. The number of benzene rings is 1. The second kappa shape index (κ2) is 8.13. The van der Waals surface area contributed by atoms with Crippen molar-refractivity contribution in [2.24, 2.45) is 0 Å². The summed E-state index contributed by atoms with van der Waals surface area (Å²) in [7, 11) is -2.10. The molecule has 0 aliphatic rings. The minimum atomic E-state index is -3.68. The highest BCUT2D eigenvalue weighted by molar-refractivity contribution is 7.94. The maximum atomic E-state index is 12.4. The molecule has 0 unspecified atom stereocenters. The van der Waals surface area contributed by atoms with Gasteiger partial charge in [-0.05, 0) is 36.1 Å². The predicted octanol–water partition coefficient (Wildman–Crippen LogP) is 2.49. The Labute approximate surface area is 150 Å². The number of anilines is 1. The summed E-state index contributed by atoms with van der Waals surface area (Å²) >= 11 is 1.10. The zero-order valence-corrected chi connectivity index (χ0v) is 15.1. The second-order valence-electron chi connectivity index (χ2n) is 5.34. The van der Waals surface area contributed by atoms with Crippen LogP contribution in [-0.2, 0) is 14.8 Å². The van der Waals surface area contributed by atoms with Gasteiger partial charge in [0, 0.05) is 31.3 Å². The molecule has 2 aromatic rings. The molecule has 0 radical (unpaired) electrons. The van der Waals surface area contributed by atoms with E-state index >= 15 is 0 Å². The number of hydrogen-bond acceptors (Lipinski definition) is 5. The van der Waals surface area contributed by atoms with Crippen molar-refractivity contribution in [3.8, 4) is 0 Å². The standard InChI is InChI=1S/C16H18N2O5S2/c1-18(9-3-7-14(19)20)16(21)12-5-2-6-13(11-12)17-25(22,23)15-8-4-10-24-15/h2,4-6,8,10-11,17H,3,7,9H2,1H3,(H,19,20). The highest BCUT2D eigenvalue weighted by Gasteiger charge is 2.17. The topological polar surface area (TPSA) is 104 Å². The Morgan fingerprint density at radius 3 is 2.64 bits per heavy atom. The molecule has 25 heavy (non-hydrogen) atoms. The Hall–Kier alpha value is -2.39. The van der Waals surface area contributed by atoms with Crippen LogP contribution in [-0.4, -0.2) is 43.9 Å². The van der Waals surface area contributed by atoms with Gasteiger partial charge in [-0.3, -0.25) is 14.3 Å². The number of thiophene rings is 1. The molecule has 9 heteroatoms. The molecule has 0 saturated carbocycles. The summed E-state index contributed by atoms with van der Waals surface area (Å²) in [5.41, 5.74) is 0.613. The monoisotopic (exact) mass is 382 g/mol. The van der Waals surface area contributed by atoms with Gasteiger partial charge in [0.15, 0.2) is 0 Å². The number of nitrogens with one attached hydrogen (secondary N) is 1. The van der Waals surface area contributed by atoms with Gasteiger partial charge in [0.2, 0.25) is 0 Å². The van der Waals surface area contributed by atoms with E-state index in [0.29, 0.717) is 18.5 Å². The van der Waals surface area contributed by atoms with Crippen LogP contribution in [0.3, 0.4) is 0 Å². The zero-order chi connectivity index (χ0) is 18.4. The molecule has 134 valence electrons. The van der Waals surface area contributed by atoms with Crippen molar-refractivity contribution in [2.45, 2.75) is 17.1 Å². The van der Waals surface area contributed by atoms with Crippen molar-refractivity contribution >= 4 is 38.9 Å². The molecule has 0 saturated heterocycles. The van der Waals surface area contributed by atoms with Crippen LogP contribution in [0, 0.1) is 0 Å². The Kier molecular flexibility index (Phi) is 6.16. The van der Waals surface area contributed by atoms with Gasteiger partial charge in [0.1, 0.15) is 4.21 Å². The molecule has 0 fully saturated rings. The minimum Gasteiger partial charge on any atom is -0.481 e. The fourth-order valence-corrected chi connectivity index (χ4v) is 4.17. The van der Waals surface area contributed by atoms with Crippen LogP contribution < -0.4 is 4.72 Å². The Morgan fingerprint density at radius 1 is 1.24 bits per heavy atom. The van der Waals surface area contributed by atoms with Gasteiger partial charge in [-0.25, -0.2) is 8.42 Å². The van der Waals surface area contributed by atoms with E-state index in [0.717, 1.165) is 11.3 Å². The van der Waals surface area contributed by atoms with Crippen LogP contribution in [0.25, 0.3) is 0 Å². The maximum absolute atomic E-state index is 12.4. The number of nitrogens with zero attached hydrogens (tertiary/aromatic N) is 1. The van der Waals surface area contributed by atoms with Crippen molar-refractivity contribution < 1.29 is 23.1 Å². The van der Waals surface area contributed by atoms with E-state index < -0.39 is 16.0 Å². The third-order valence-corrected chi connectivity index (χ3v) is 6.13. The van der Waals surface area contributed by atoms with Gasteiger partial charge in [-0.1, -0.05) is 12.1 Å². The molecular weight excluding hydrogens is 364 g/mol. The smallest absolute Gasteiger partial charge is 0.303 e. The van der Waals surface area contributed by atoms with Crippen LogP contribution in [0.1, 0.15) is 23.2 Å². The van der Waals surface area contributed by atoms with Crippen LogP contribution >= 0.6 is 11.3 Å². The van der Waals surface area contributed by atoms with E-state index in [1.165, 1.54) is 17.0 Å². The Bertz CT molecular complexity index is 847. The van der Waals surface area contributed by atoms with E-state index in [-0.39, 0.29) is 22.2 Å². The molecule has 0 aliphatic carbocycles. The van der Waals surface area contributed by atoms with Crippen LogP contribution in [0.15, 0.2) is 46.0 Å². The first-order valence-electron chi connectivity index (χ1n) is 7.43. The molecule has 1 heterocycles. The number of carboxylic acid groups (broad SMARTS) is 1. The predicted molar refractivity (Wildman–Crippen MR) is 95.4 cm³/mol. The Morgan fingerprint density at radius 2 is 2.00 bits per heavy atom. The fraction of sp³-hybridized carbons (Fsp3) is 0.250. The number of carbonyl (C=O) groups is 2. The third kappa shape index (κ3) is 5.30. The summed E-state index contributed by atoms with van der Waals surface area (Å²) in [6, 6.07) is 9.33. The molecule has 2 rings (SSSR count). The zero-order valence-electron chi connectivity index (χ0n) is 13.5. The van der Waals surface area contributed by atoms with Crippen LogP contribution in [0.5, 0.6) is 0 Å². The minimum absolute atomic E-state index is 0.0156.